The molecule has 1 heterocycles. The lowest BCUT2D eigenvalue weighted by Crippen LogP contribution is -2.21. The van der Waals surface area contributed by atoms with Gasteiger partial charge in [-0.15, -0.1) is 0 Å². The molecule has 1 unspecified atom stereocenters. The van der Waals surface area contributed by atoms with Crippen LogP contribution in [-0.4, -0.2) is 15.6 Å². The first kappa shape index (κ1) is 12.2. The van der Waals surface area contributed by atoms with Crippen molar-refractivity contribution in [1.82, 2.24) is 14.9 Å². The van der Waals surface area contributed by atoms with Crippen LogP contribution in [0.15, 0.2) is 12.5 Å². The van der Waals surface area contributed by atoms with E-state index in [1.165, 1.54) is 6.42 Å². The molecule has 3 heteroatoms. The molecule has 15 heavy (non-hydrogen) atoms. The highest BCUT2D eigenvalue weighted by Crippen LogP contribution is 2.06. The molecule has 1 atom stereocenters. The van der Waals surface area contributed by atoms with Gasteiger partial charge >= 0.3 is 0 Å². The second kappa shape index (κ2) is 5.91. The predicted octanol–water partition coefficient (Wildman–Crippen LogP) is 2.43. The molecule has 0 aliphatic rings. The monoisotopic (exact) mass is 209 g/mol. The van der Waals surface area contributed by atoms with E-state index in [9.17, 15) is 0 Å². The molecular weight excluding hydrogens is 186 g/mol. The summed E-state index contributed by atoms with van der Waals surface area (Å²) in [6.07, 6.45) is 5.29. The predicted molar refractivity (Wildman–Crippen MR) is 63.7 cm³/mol. The van der Waals surface area contributed by atoms with Crippen molar-refractivity contribution < 1.29 is 0 Å². The van der Waals surface area contributed by atoms with Gasteiger partial charge in [0, 0.05) is 25.3 Å². The summed E-state index contributed by atoms with van der Waals surface area (Å²) >= 11 is 0. The Labute approximate surface area is 92.9 Å². The Morgan fingerprint density at radius 1 is 1.40 bits per heavy atom. The molecule has 0 aliphatic heterocycles. The fraction of sp³-hybridized carbons (Fsp3) is 0.750. The minimum Gasteiger partial charge on any atom is -0.337 e. The molecule has 0 saturated heterocycles. The van der Waals surface area contributed by atoms with Crippen molar-refractivity contribution in [1.29, 1.82) is 0 Å². The molecule has 1 aromatic rings. The smallest absolute Gasteiger partial charge is 0.0950 e. The Morgan fingerprint density at radius 3 is 2.73 bits per heavy atom. The molecule has 0 fully saturated rings. The summed E-state index contributed by atoms with van der Waals surface area (Å²) in [6, 6.07) is 0.518. The third-order valence-electron chi connectivity index (χ3n) is 2.60. The molecule has 0 aliphatic carbocycles. The molecule has 86 valence electrons. The van der Waals surface area contributed by atoms with Gasteiger partial charge in [-0.1, -0.05) is 34.1 Å². The number of aromatic nitrogens is 2. The highest BCUT2D eigenvalue weighted by molar-refractivity contribution is 4.96. The fourth-order valence-electron chi connectivity index (χ4n) is 1.40. The zero-order chi connectivity index (χ0) is 11.3. The number of hydrogen-bond donors (Lipinski definition) is 1. The molecule has 0 bridgehead atoms. The Morgan fingerprint density at radius 2 is 2.13 bits per heavy atom. The van der Waals surface area contributed by atoms with Gasteiger partial charge in [0.25, 0.3) is 0 Å². The zero-order valence-electron chi connectivity index (χ0n) is 10.3. The molecule has 0 amide bonds. The highest BCUT2D eigenvalue weighted by atomic mass is 15.0. The molecule has 1 rings (SSSR count). The van der Waals surface area contributed by atoms with E-state index in [-0.39, 0.29) is 0 Å². The molecule has 0 aromatic carbocycles. The topological polar surface area (TPSA) is 29.9 Å². The fourth-order valence-corrected chi connectivity index (χ4v) is 1.40. The molecule has 1 N–H and O–H groups in total. The van der Waals surface area contributed by atoms with Crippen LogP contribution in [-0.2, 0) is 13.1 Å². The van der Waals surface area contributed by atoms with Gasteiger partial charge in [-0.25, -0.2) is 4.98 Å². The lowest BCUT2D eigenvalue weighted by molar-refractivity contribution is 0.468. The Balaban J connectivity index is 2.42. The van der Waals surface area contributed by atoms with Crippen LogP contribution in [0.2, 0.25) is 0 Å². The van der Waals surface area contributed by atoms with Crippen molar-refractivity contribution in [2.75, 3.05) is 0 Å². The van der Waals surface area contributed by atoms with E-state index in [0.29, 0.717) is 6.04 Å². The number of hydrogen-bond acceptors (Lipinski definition) is 2. The number of rotatable bonds is 6. The molecule has 1 aromatic heterocycles. The summed E-state index contributed by atoms with van der Waals surface area (Å²) in [4.78, 5) is 4.38. The first-order valence-electron chi connectivity index (χ1n) is 5.85. The maximum Gasteiger partial charge on any atom is 0.0950 e. The van der Waals surface area contributed by atoms with Gasteiger partial charge in [0.05, 0.1) is 12.0 Å². The van der Waals surface area contributed by atoms with Crippen molar-refractivity contribution in [2.24, 2.45) is 5.92 Å². The van der Waals surface area contributed by atoms with Crippen LogP contribution in [0.25, 0.3) is 0 Å². The van der Waals surface area contributed by atoms with Crippen LogP contribution in [0, 0.1) is 5.92 Å². The maximum atomic E-state index is 4.38. The molecule has 0 spiro atoms. The number of imidazole rings is 1. The van der Waals surface area contributed by atoms with Gasteiger partial charge in [0.15, 0.2) is 0 Å². The van der Waals surface area contributed by atoms with E-state index in [1.54, 1.807) is 0 Å². The van der Waals surface area contributed by atoms with E-state index in [1.807, 2.05) is 6.33 Å². The second-order valence-electron chi connectivity index (χ2n) is 4.61. The van der Waals surface area contributed by atoms with Crippen molar-refractivity contribution in [3.63, 3.8) is 0 Å². The lowest BCUT2D eigenvalue weighted by Gasteiger charge is -2.08. The quantitative estimate of drug-likeness (QED) is 0.780. The first-order valence-corrected chi connectivity index (χ1v) is 5.85. The third-order valence-corrected chi connectivity index (χ3v) is 2.60. The van der Waals surface area contributed by atoms with Crippen molar-refractivity contribution >= 4 is 0 Å². The average Bonchev–Trinajstić information content (AvgIpc) is 2.62. The van der Waals surface area contributed by atoms with Crippen LogP contribution in [0.3, 0.4) is 0 Å². The summed E-state index contributed by atoms with van der Waals surface area (Å²) < 4.78 is 2.19. The van der Waals surface area contributed by atoms with Gasteiger partial charge in [0.1, 0.15) is 0 Å². The first-order chi connectivity index (χ1) is 7.11. The standard InChI is InChI=1S/C12H23N3/c1-5-11(4)7-15-8-12(14-9-15)6-13-10(2)3/h8-11,13H,5-7H2,1-4H3. The Bertz CT molecular complexity index is 278. The van der Waals surface area contributed by atoms with Crippen LogP contribution in [0.1, 0.15) is 39.8 Å². The maximum absolute atomic E-state index is 4.38. The van der Waals surface area contributed by atoms with Gasteiger partial charge in [-0.05, 0) is 5.92 Å². The van der Waals surface area contributed by atoms with Crippen LogP contribution in [0.5, 0.6) is 0 Å². The van der Waals surface area contributed by atoms with Gasteiger partial charge in [0.2, 0.25) is 0 Å². The molecule has 3 nitrogen and oxygen atoms in total. The summed E-state index contributed by atoms with van der Waals surface area (Å²) in [5.74, 6) is 0.727. The van der Waals surface area contributed by atoms with Crippen molar-refractivity contribution in [2.45, 2.75) is 53.2 Å². The minimum atomic E-state index is 0.518. The Hall–Kier alpha value is -0.830. The second-order valence-corrected chi connectivity index (χ2v) is 4.61. The Kier molecular flexibility index (Phi) is 4.82. The van der Waals surface area contributed by atoms with E-state index >= 15 is 0 Å². The summed E-state index contributed by atoms with van der Waals surface area (Å²) in [6.45, 7) is 10.7. The van der Waals surface area contributed by atoms with Crippen molar-refractivity contribution in [3.05, 3.63) is 18.2 Å². The SMILES string of the molecule is CCC(C)Cn1cnc(CNC(C)C)c1. The molecule has 0 radical (unpaired) electrons. The summed E-state index contributed by atoms with van der Waals surface area (Å²) in [7, 11) is 0. The van der Waals surface area contributed by atoms with Crippen molar-refractivity contribution in [3.8, 4) is 0 Å². The van der Waals surface area contributed by atoms with E-state index in [2.05, 4.69) is 48.8 Å². The van der Waals surface area contributed by atoms with Gasteiger partial charge < -0.3 is 9.88 Å². The van der Waals surface area contributed by atoms with E-state index in [4.69, 9.17) is 0 Å². The number of nitrogens with zero attached hydrogens (tertiary/aromatic N) is 2. The van der Waals surface area contributed by atoms with E-state index < -0.39 is 0 Å². The average molecular weight is 209 g/mol. The van der Waals surface area contributed by atoms with Crippen LogP contribution >= 0.6 is 0 Å². The molecular formula is C12H23N3. The van der Waals surface area contributed by atoms with Crippen LogP contribution < -0.4 is 5.32 Å². The lowest BCUT2D eigenvalue weighted by atomic mass is 10.1. The largest absolute Gasteiger partial charge is 0.337 e. The molecule has 0 saturated carbocycles. The minimum absolute atomic E-state index is 0.518. The zero-order valence-corrected chi connectivity index (χ0v) is 10.3. The number of nitrogens with one attached hydrogen (secondary N) is 1. The van der Waals surface area contributed by atoms with Gasteiger partial charge in [-0.3, -0.25) is 0 Å². The normalized spacial score (nSPS) is 13.4. The third kappa shape index (κ3) is 4.47. The highest BCUT2D eigenvalue weighted by Gasteiger charge is 2.03. The summed E-state index contributed by atoms with van der Waals surface area (Å²) in [5.41, 5.74) is 1.13. The van der Waals surface area contributed by atoms with Gasteiger partial charge in [-0.2, -0.15) is 0 Å². The summed E-state index contributed by atoms with van der Waals surface area (Å²) in [5, 5.41) is 3.37. The van der Waals surface area contributed by atoms with Crippen LogP contribution in [0.4, 0.5) is 0 Å². The van der Waals surface area contributed by atoms with E-state index in [0.717, 1.165) is 24.7 Å².